The van der Waals surface area contributed by atoms with Gasteiger partial charge in [-0.15, -0.1) is 0 Å². The molecule has 0 saturated heterocycles. The molecule has 31 heavy (non-hydrogen) atoms. The van der Waals surface area contributed by atoms with Crippen molar-refractivity contribution in [1.82, 2.24) is 10.6 Å². The molecule has 0 unspecified atom stereocenters. The van der Waals surface area contributed by atoms with E-state index in [9.17, 15) is 14.4 Å². The lowest BCUT2D eigenvalue weighted by Crippen LogP contribution is -2.53. The number of nitrogens with one attached hydrogen (secondary N) is 3. The topological polar surface area (TPSA) is 87.3 Å². The zero-order valence-corrected chi connectivity index (χ0v) is 18.9. The van der Waals surface area contributed by atoms with Crippen LogP contribution in [0, 0.1) is 23.2 Å². The fraction of sp³-hybridized carbons (Fsp3) is 0.625. The molecule has 7 heteroatoms. The highest BCUT2D eigenvalue weighted by atomic mass is 35.5. The Morgan fingerprint density at radius 3 is 2.26 bits per heavy atom. The van der Waals surface area contributed by atoms with Crippen LogP contribution >= 0.6 is 11.6 Å². The minimum absolute atomic E-state index is 0.127. The van der Waals surface area contributed by atoms with E-state index < -0.39 is 0 Å². The smallest absolute Gasteiger partial charge is 0.253 e. The summed E-state index contributed by atoms with van der Waals surface area (Å²) in [4.78, 5) is 37.9. The third kappa shape index (κ3) is 4.89. The van der Waals surface area contributed by atoms with Gasteiger partial charge in [0.25, 0.3) is 5.91 Å². The molecule has 6 nitrogen and oxygen atoms in total. The van der Waals surface area contributed by atoms with E-state index in [0.29, 0.717) is 47.1 Å². The van der Waals surface area contributed by atoms with Gasteiger partial charge in [-0.25, -0.2) is 0 Å². The summed E-state index contributed by atoms with van der Waals surface area (Å²) in [6.07, 6.45) is 7.89. The van der Waals surface area contributed by atoms with Gasteiger partial charge in [-0.1, -0.05) is 18.5 Å². The summed E-state index contributed by atoms with van der Waals surface area (Å²) in [6, 6.07) is 4.82. The fourth-order valence-corrected chi connectivity index (χ4v) is 6.40. The van der Waals surface area contributed by atoms with E-state index in [2.05, 4.69) is 16.0 Å². The van der Waals surface area contributed by atoms with Gasteiger partial charge in [-0.3, -0.25) is 14.4 Å². The molecule has 5 rings (SSSR count). The van der Waals surface area contributed by atoms with Crippen LogP contribution in [0.1, 0.15) is 68.6 Å². The van der Waals surface area contributed by atoms with Crippen LogP contribution in [0.5, 0.6) is 0 Å². The van der Waals surface area contributed by atoms with Gasteiger partial charge in [0, 0.05) is 29.9 Å². The lowest BCUT2D eigenvalue weighted by atomic mass is 9.49. The number of amides is 3. The van der Waals surface area contributed by atoms with Crippen molar-refractivity contribution in [3.05, 3.63) is 28.8 Å². The van der Waals surface area contributed by atoms with Crippen LogP contribution in [0.25, 0.3) is 0 Å². The van der Waals surface area contributed by atoms with Crippen molar-refractivity contribution >= 4 is 35.0 Å². The molecule has 0 aromatic heterocycles. The second-order valence-corrected chi connectivity index (χ2v) is 10.1. The molecular weight excluding hydrogens is 414 g/mol. The van der Waals surface area contributed by atoms with E-state index in [1.807, 2.05) is 6.92 Å². The lowest BCUT2D eigenvalue weighted by Gasteiger charge is -2.55. The fourth-order valence-electron chi connectivity index (χ4n) is 6.23. The molecule has 0 aliphatic heterocycles. The number of carbonyl (C=O) groups excluding carboxylic acids is 3. The van der Waals surface area contributed by atoms with Crippen LogP contribution in [0.15, 0.2) is 18.2 Å². The van der Waals surface area contributed by atoms with Gasteiger partial charge in [0.2, 0.25) is 11.8 Å². The Kier molecular flexibility index (Phi) is 6.56. The highest BCUT2D eigenvalue weighted by molar-refractivity contribution is 6.31. The molecule has 168 valence electrons. The van der Waals surface area contributed by atoms with Gasteiger partial charge in [-0.05, 0) is 80.9 Å². The van der Waals surface area contributed by atoms with Crippen molar-refractivity contribution in [1.29, 1.82) is 0 Å². The maximum Gasteiger partial charge on any atom is 0.253 e. The molecular formula is C24H32ClN3O3. The lowest BCUT2D eigenvalue weighted by molar-refractivity contribution is -0.146. The van der Waals surface area contributed by atoms with Crippen LogP contribution in [0.2, 0.25) is 5.02 Å². The molecule has 1 aromatic carbocycles. The normalized spacial score (nSPS) is 28.3. The molecule has 4 bridgehead atoms. The number of benzene rings is 1. The maximum absolute atomic E-state index is 13.0. The van der Waals surface area contributed by atoms with E-state index in [1.165, 1.54) is 19.3 Å². The van der Waals surface area contributed by atoms with Crippen molar-refractivity contribution < 1.29 is 14.4 Å². The highest BCUT2D eigenvalue weighted by Gasteiger charge is 2.54. The zero-order chi connectivity index (χ0) is 22.0. The number of rotatable bonds is 8. The van der Waals surface area contributed by atoms with E-state index >= 15 is 0 Å². The van der Waals surface area contributed by atoms with Gasteiger partial charge in [-0.2, -0.15) is 0 Å². The van der Waals surface area contributed by atoms with Crippen molar-refractivity contribution in [3.63, 3.8) is 0 Å². The van der Waals surface area contributed by atoms with E-state index in [0.717, 1.165) is 25.7 Å². The van der Waals surface area contributed by atoms with Gasteiger partial charge >= 0.3 is 0 Å². The molecule has 4 aliphatic carbocycles. The first-order valence-corrected chi connectivity index (χ1v) is 11.9. The summed E-state index contributed by atoms with van der Waals surface area (Å²) >= 11 is 6.07. The number of hydrogen-bond donors (Lipinski definition) is 3. The van der Waals surface area contributed by atoms with Crippen LogP contribution < -0.4 is 16.0 Å². The largest absolute Gasteiger partial charge is 0.355 e. The Morgan fingerprint density at radius 2 is 1.65 bits per heavy atom. The van der Waals surface area contributed by atoms with Crippen LogP contribution in [-0.2, 0) is 9.59 Å². The minimum atomic E-state index is -0.252. The highest BCUT2D eigenvalue weighted by Crippen LogP contribution is 2.60. The number of hydrogen-bond acceptors (Lipinski definition) is 3. The van der Waals surface area contributed by atoms with E-state index in [-0.39, 0.29) is 29.6 Å². The van der Waals surface area contributed by atoms with Crippen molar-refractivity contribution in [2.75, 3.05) is 18.4 Å². The summed E-state index contributed by atoms with van der Waals surface area (Å²) in [7, 11) is 0. The summed E-state index contributed by atoms with van der Waals surface area (Å²) in [5, 5.41) is 9.06. The van der Waals surface area contributed by atoms with E-state index in [4.69, 9.17) is 11.6 Å². The third-order valence-electron chi connectivity index (χ3n) is 7.19. The number of halogens is 1. The van der Waals surface area contributed by atoms with Crippen LogP contribution in [-0.4, -0.2) is 30.8 Å². The Labute approximate surface area is 188 Å². The molecule has 0 radical (unpaired) electrons. The Morgan fingerprint density at radius 1 is 1.00 bits per heavy atom. The molecule has 0 atom stereocenters. The van der Waals surface area contributed by atoms with E-state index in [1.54, 1.807) is 18.2 Å². The monoisotopic (exact) mass is 445 g/mol. The molecule has 4 aliphatic rings. The predicted octanol–water partition coefficient (Wildman–Crippen LogP) is 4.14. The molecule has 0 spiro atoms. The summed E-state index contributed by atoms with van der Waals surface area (Å²) < 4.78 is 0. The second kappa shape index (κ2) is 9.19. The third-order valence-corrected chi connectivity index (χ3v) is 7.43. The Bertz CT molecular complexity index is 834. The maximum atomic E-state index is 13.0. The second-order valence-electron chi connectivity index (χ2n) is 9.70. The standard InChI is InChI=1S/C24H32ClN3O3/c1-2-6-26-22(30)19-4-3-18(25)11-20(19)28-21(29)5-7-27-23(31)24-12-15-8-16(13-24)10-17(9-15)14-24/h3-4,11,15-17H,2,5-10,12-14H2,1H3,(H,26,30)(H,27,31)(H,28,29). The van der Waals surface area contributed by atoms with Crippen molar-refractivity contribution in [2.24, 2.45) is 23.2 Å². The molecule has 4 saturated carbocycles. The summed E-state index contributed by atoms with van der Waals surface area (Å²) in [5.41, 5.74) is 0.560. The van der Waals surface area contributed by atoms with Gasteiger partial charge in [0.1, 0.15) is 0 Å². The van der Waals surface area contributed by atoms with Crippen molar-refractivity contribution in [2.45, 2.75) is 58.3 Å². The summed E-state index contributed by atoms with van der Waals surface area (Å²) in [6.45, 7) is 2.83. The van der Waals surface area contributed by atoms with Gasteiger partial charge in [0.15, 0.2) is 0 Å². The average Bonchev–Trinajstić information content (AvgIpc) is 2.71. The average molecular weight is 446 g/mol. The predicted molar refractivity (Wildman–Crippen MR) is 121 cm³/mol. The molecule has 3 N–H and O–H groups in total. The first kappa shape index (κ1) is 22.1. The first-order chi connectivity index (χ1) is 14.9. The molecule has 4 fully saturated rings. The Hall–Kier alpha value is -2.08. The molecule has 0 heterocycles. The van der Waals surface area contributed by atoms with Gasteiger partial charge < -0.3 is 16.0 Å². The first-order valence-electron chi connectivity index (χ1n) is 11.5. The van der Waals surface area contributed by atoms with Gasteiger partial charge in [0.05, 0.1) is 11.3 Å². The minimum Gasteiger partial charge on any atom is -0.355 e. The number of carbonyl (C=O) groups is 3. The Balaban J connectivity index is 1.30. The SMILES string of the molecule is CCCNC(=O)c1ccc(Cl)cc1NC(=O)CCNC(=O)C12CC3CC(CC(C3)C1)C2. The molecule has 1 aromatic rings. The van der Waals surface area contributed by atoms with Crippen molar-refractivity contribution in [3.8, 4) is 0 Å². The summed E-state index contributed by atoms with van der Waals surface area (Å²) in [5.74, 6) is 1.75. The quantitative estimate of drug-likeness (QED) is 0.562. The zero-order valence-electron chi connectivity index (χ0n) is 18.1. The molecule has 3 amide bonds. The number of anilines is 1. The van der Waals surface area contributed by atoms with Crippen LogP contribution in [0.4, 0.5) is 5.69 Å². The van der Waals surface area contributed by atoms with Crippen LogP contribution in [0.3, 0.4) is 0 Å².